The predicted octanol–water partition coefficient (Wildman–Crippen LogP) is 3.68. The minimum Gasteiger partial charge on any atom is -0.359 e. The first-order valence-electron chi connectivity index (χ1n) is 10.0. The zero-order valence-electron chi connectivity index (χ0n) is 16.0. The summed E-state index contributed by atoms with van der Waals surface area (Å²) in [5, 5.41) is 6.63. The van der Waals surface area contributed by atoms with Crippen molar-refractivity contribution in [2.24, 2.45) is 5.92 Å². The standard InChI is InChI=1S/C21H23F2N3O3/c22-15-7-14(8-16(23)9-15)21(28)26(17-3-1-2-4-17)12-18-10-19(25-29-18)20(27)24-11-13-5-6-13/h7-10,13,17H,1-6,11-12H2,(H,24,27). The number of carbonyl (C=O) groups excluding carboxylic acids is 2. The Bertz CT molecular complexity index is 884. The topological polar surface area (TPSA) is 75.4 Å². The number of hydrogen-bond acceptors (Lipinski definition) is 4. The summed E-state index contributed by atoms with van der Waals surface area (Å²) < 4.78 is 32.5. The van der Waals surface area contributed by atoms with Crippen LogP contribution in [0.25, 0.3) is 0 Å². The largest absolute Gasteiger partial charge is 0.359 e. The molecule has 0 saturated heterocycles. The monoisotopic (exact) mass is 403 g/mol. The fraction of sp³-hybridized carbons (Fsp3) is 0.476. The highest BCUT2D eigenvalue weighted by Gasteiger charge is 2.30. The SMILES string of the molecule is O=C(NCC1CC1)c1cc(CN(C(=O)c2cc(F)cc(F)c2)C2CCCC2)on1. The van der Waals surface area contributed by atoms with Crippen LogP contribution in [0.1, 0.15) is 65.1 Å². The molecule has 1 aromatic heterocycles. The van der Waals surface area contributed by atoms with E-state index in [-0.39, 0.29) is 29.8 Å². The number of rotatable bonds is 7. The van der Waals surface area contributed by atoms with Crippen LogP contribution in [0, 0.1) is 17.6 Å². The van der Waals surface area contributed by atoms with Gasteiger partial charge in [-0.2, -0.15) is 0 Å². The molecule has 1 heterocycles. The second kappa shape index (κ2) is 8.31. The van der Waals surface area contributed by atoms with Crippen molar-refractivity contribution in [1.29, 1.82) is 0 Å². The van der Waals surface area contributed by atoms with Crippen molar-refractivity contribution in [3.05, 3.63) is 52.9 Å². The van der Waals surface area contributed by atoms with Crippen molar-refractivity contribution in [3.8, 4) is 0 Å². The van der Waals surface area contributed by atoms with Gasteiger partial charge in [-0.05, 0) is 43.7 Å². The first-order chi connectivity index (χ1) is 14.0. The molecule has 4 rings (SSSR count). The van der Waals surface area contributed by atoms with Crippen molar-refractivity contribution in [3.63, 3.8) is 0 Å². The highest BCUT2D eigenvalue weighted by Crippen LogP contribution is 2.28. The van der Waals surface area contributed by atoms with Gasteiger partial charge in [0.05, 0.1) is 6.54 Å². The molecule has 0 bridgehead atoms. The molecule has 1 aromatic carbocycles. The fourth-order valence-electron chi connectivity index (χ4n) is 3.74. The zero-order chi connectivity index (χ0) is 20.4. The second-order valence-corrected chi connectivity index (χ2v) is 7.86. The van der Waals surface area contributed by atoms with E-state index in [1.807, 2.05) is 0 Å². The molecule has 0 unspecified atom stereocenters. The van der Waals surface area contributed by atoms with Gasteiger partial charge in [-0.1, -0.05) is 18.0 Å². The molecule has 2 fully saturated rings. The molecule has 154 valence electrons. The summed E-state index contributed by atoms with van der Waals surface area (Å²) >= 11 is 0. The normalized spacial score (nSPS) is 16.8. The predicted molar refractivity (Wildman–Crippen MR) is 100 cm³/mol. The van der Waals surface area contributed by atoms with Gasteiger partial charge >= 0.3 is 0 Å². The maximum Gasteiger partial charge on any atom is 0.273 e. The smallest absolute Gasteiger partial charge is 0.273 e. The van der Waals surface area contributed by atoms with Crippen LogP contribution in [-0.2, 0) is 6.54 Å². The van der Waals surface area contributed by atoms with Gasteiger partial charge in [-0.3, -0.25) is 9.59 Å². The average Bonchev–Trinajstić information content (AvgIpc) is 3.15. The van der Waals surface area contributed by atoms with Crippen LogP contribution in [-0.4, -0.2) is 34.5 Å². The number of halogens is 2. The Kier molecular flexibility index (Phi) is 5.60. The van der Waals surface area contributed by atoms with E-state index in [1.54, 1.807) is 4.90 Å². The summed E-state index contributed by atoms with van der Waals surface area (Å²) in [6.07, 6.45) is 5.85. The molecule has 1 N–H and O–H groups in total. The molecule has 0 spiro atoms. The van der Waals surface area contributed by atoms with E-state index in [1.165, 1.54) is 6.07 Å². The number of aromatic nitrogens is 1. The zero-order valence-corrected chi connectivity index (χ0v) is 16.0. The molecule has 29 heavy (non-hydrogen) atoms. The van der Waals surface area contributed by atoms with Crippen LogP contribution in [0.15, 0.2) is 28.8 Å². The third-order valence-electron chi connectivity index (χ3n) is 5.50. The van der Waals surface area contributed by atoms with Crippen molar-refractivity contribution in [1.82, 2.24) is 15.4 Å². The molecule has 8 heteroatoms. The molecule has 2 saturated carbocycles. The summed E-state index contributed by atoms with van der Waals surface area (Å²) in [7, 11) is 0. The van der Waals surface area contributed by atoms with Crippen molar-refractivity contribution < 1.29 is 22.9 Å². The van der Waals surface area contributed by atoms with Gasteiger partial charge in [0.2, 0.25) is 0 Å². The summed E-state index contributed by atoms with van der Waals surface area (Å²) in [4.78, 5) is 26.7. The minimum absolute atomic E-state index is 0.0451. The molecular formula is C21H23F2N3O3. The lowest BCUT2D eigenvalue weighted by atomic mass is 10.1. The van der Waals surface area contributed by atoms with Crippen LogP contribution >= 0.6 is 0 Å². The van der Waals surface area contributed by atoms with Gasteiger partial charge in [0.1, 0.15) is 11.6 Å². The van der Waals surface area contributed by atoms with E-state index in [2.05, 4.69) is 10.5 Å². The molecule has 6 nitrogen and oxygen atoms in total. The van der Waals surface area contributed by atoms with Crippen LogP contribution in [0.4, 0.5) is 8.78 Å². The maximum atomic E-state index is 13.6. The van der Waals surface area contributed by atoms with Crippen LogP contribution < -0.4 is 5.32 Å². The third kappa shape index (κ3) is 4.81. The van der Waals surface area contributed by atoms with Gasteiger partial charge in [0.25, 0.3) is 11.8 Å². The van der Waals surface area contributed by atoms with Crippen LogP contribution in [0.3, 0.4) is 0 Å². The highest BCUT2D eigenvalue weighted by atomic mass is 19.1. The van der Waals surface area contributed by atoms with Crippen molar-refractivity contribution in [2.75, 3.05) is 6.54 Å². The second-order valence-electron chi connectivity index (χ2n) is 7.86. The summed E-state index contributed by atoms with van der Waals surface area (Å²) in [6, 6.07) is 4.27. The van der Waals surface area contributed by atoms with Gasteiger partial charge in [-0.25, -0.2) is 8.78 Å². The van der Waals surface area contributed by atoms with E-state index in [4.69, 9.17) is 4.52 Å². The Balaban J connectivity index is 1.50. The molecular weight excluding hydrogens is 380 g/mol. The lowest BCUT2D eigenvalue weighted by Gasteiger charge is -2.28. The summed E-state index contributed by atoms with van der Waals surface area (Å²) in [6.45, 7) is 0.712. The molecule has 0 radical (unpaired) electrons. The Morgan fingerprint density at radius 3 is 2.41 bits per heavy atom. The van der Waals surface area contributed by atoms with Crippen LogP contribution in [0.5, 0.6) is 0 Å². The maximum absolute atomic E-state index is 13.6. The summed E-state index contributed by atoms with van der Waals surface area (Å²) in [5.41, 5.74) is 0.118. The van der Waals surface area contributed by atoms with E-state index in [0.717, 1.165) is 56.7 Å². The van der Waals surface area contributed by atoms with E-state index in [9.17, 15) is 18.4 Å². The molecule has 0 atom stereocenters. The molecule has 2 aromatic rings. The lowest BCUT2D eigenvalue weighted by Crippen LogP contribution is -2.38. The fourth-order valence-corrected chi connectivity index (χ4v) is 3.74. The van der Waals surface area contributed by atoms with Crippen molar-refractivity contribution >= 4 is 11.8 Å². The number of amides is 2. The van der Waals surface area contributed by atoms with Gasteiger partial charge in [-0.15, -0.1) is 0 Å². The lowest BCUT2D eigenvalue weighted by molar-refractivity contribution is 0.0642. The summed E-state index contributed by atoms with van der Waals surface area (Å²) in [5.74, 6) is -1.46. The number of nitrogens with zero attached hydrogens (tertiary/aromatic N) is 2. The highest BCUT2D eigenvalue weighted by molar-refractivity contribution is 5.94. The minimum atomic E-state index is -0.797. The average molecular weight is 403 g/mol. The number of carbonyl (C=O) groups is 2. The van der Waals surface area contributed by atoms with Crippen molar-refractivity contribution in [2.45, 2.75) is 51.1 Å². The molecule has 2 aliphatic carbocycles. The third-order valence-corrected chi connectivity index (χ3v) is 5.50. The first kappa shape index (κ1) is 19.5. The first-order valence-corrected chi connectivity index (χ1v) is 10.0. The Morgan fingerprint density at radius 2 is 1.76 bits per heavy atom. The Morgan fingerprint density at radius 1 is 1.07 bits per heavy atom. The van der Waals surface area contributed by atoms with Gasteiger partial charge in [0, 0.05) is 30.3 Å². The number of nitrogens with one attached hydrogen (secondary N) is 1. The van der Waals surface area contributed by atoms with Gasteiger partial charge in [0.15, 0.2) is 11.5 Å². The van der Waals surface area contributed by atoms with E-state index in [0.29, 0.717) is 18.2 Å². The quantitative estimate of drug-likeness (QED) is 0.765. The Hall–Kier alpha value is -2.77. The van der Waals surface area contributed by atoms with E-state index < -0.39 is 17.5 Å². The molecule has 0 aliphatic heterocycles. The molecule has 2 amide bonds. The van der Waals surface area contributed by atoms with Gasteiger partial charge < -0.3 is 14.7 Å². The molecule has 2 aliphatic rings. The van der Waals surface area contributed by atoms with E-state index >= 15 is 0 Å². The number of hydrogen-bond donors (Lipinski definition) is 1. The number of benzene rings is 1. The van der Waals surface area contributed by atoms with Crippen LogP contribution in [0.2, 0.25) is 0 Å². The Labute approximate surface area is 167 Å².